The first kappa shape index (κ1) is 25.3. The van der Waals surface area contributed by atoms with E-state index in [1.165, 1.54) is 6.07 Å². The minimum atomic E-state index is -0.648. The van der Waals surface area contributed by atoms with Crippen LogP contribution >= 0.6 is 0 Å². The molecule has 1 aromatic carbocycles. The highest BCUT2D eigenvalue weighted by molar-refractivity contribution is 5.83. The van der Waals surface area contributed by atoms with Gasteiger partial charge in [0.25, 0.3) is 0 Å². The predicted octanol–water partition coefficient (Wildman–Crippen LogP) is 4.07. The number of imidazole rings is 1. The summed E-state index contributed by atoms with van der Waals surface area (Å²) in [4.78, 5) is 33.7. The van der Waals surface area contributed by atoms with E-state index in [9.17, 15) is 9.18 Å². The van der Waals surface area contributed by atoms with Gasteiger partial charge in [0.15, 0.2) is 11.6 Å². The Morgan fingerprint density at radius 2 is 1.95 bits per heavy atom. The number of likely N-dealkylation sites (N-methyl/N-ethyl adjacent to an activating group) is 1. The van der Waals surface area contributed by atoms with Crippen LogP contribution < -0.4 is 5.32 Å². The van der Waals surface area contributed by atoms with E-state index in [1.54, 1.807) is 12.1 Å². The molecule has 0 radical (unpaired) electrons. The average molecular weight is 533 g/mol. The van der Waals surface area contributed by atoms with Crippen molar-refractivity contribution < 1.29 is 13.6 Å². The molecule has 1 saturated carbocycles. The molecule has 6 rings (SSSR count). The Bertz CT molecular complexity index is 1580. The van der Waals surface area contributed by atoms with Gasteiger partial charge in [0.1, 0.15) is 22.9 Å². The number of carbonyl (C=O) groups is 1. The van der Waals surface area contributed by atoms with Crippen molar-refractivity contribution in [1.82, 2.24) is 34.3 Å². The molecule has 4 heterocycles. The summed E-state index contributed by atoms with van der Waals surface area (Å²) in [5.74, 6) is 0.903. The van der Waals surface area contributed by atoms with E-state index in [0.29, 0.717) is 48.9 Å². The Hall–Kier alpha value is -3.99. The monoisotopic (exact) mass is 532 g/mol. The van der Waals surface area contributed by atoms with Crippen LogP contribution in [0.1, 0.15) is 29.9 Å². The van der Waals surface area contributed by atoms with Gasteiger partial charge in [0.2, 0.25) is 11.9 Å². The molecule has 1 fully saturated rings. The molecular weight excluding hydrogens is 502 g/mol. The van der Waals surface area contributed by atoms with Crippen LogP contribution in [0, 0.1) is 24.5 Å². The number of amides is 1. The van der Waals surface area contributed by atoms with Crippen molar-refractivity contribution in [2.24, 2.45) is 5.92 Å². The maximum Gasteiger partial charge on any atom is 0.237 e. The van der Waals surface area contributed by atoms with E-state index in [0.717, 1.165) is 42.7 Å². The normalized spacial score (nSPS) is 15.2. The molecule has 0 atom stereocenters. The summed E-state index contributed by atoms with van der Waals surface area (Å²) in [5.41, 5.74) is 3.12. The van der Waals surface area contributed by atoms with Gasteiger partial charge in [-0.05, 0) is 63.5 Å². The molecule has 3 aromatic heterocycles. The molecule has 1 aliphatic carbocycles. The fourth-order valence-corrected chi connectivity index (χ4v) is 5.04. The van der Waals surface area contributed by atoms with Gasteiger partial charge >= 0.3 is 0 Å². The quantitative estimate of drug-likeness (QED) is 0.384. The highest BCUT2D eigenvalue weighted by Crippen LogP contribution is 2.34. The summed E-state index contributed by atoms with van der Waals surface area (Å²) in [6.45, 7) is 4.11. The summed E-state index contributed by atoms with van der Waals surface area (Å²) in [7, 11) is 3.75. The number of rotatable bonds is 7. The van der Waals surface area contributed by atoms with Crippen LogP contribution in [0.15, 0.2) is 30.5 Å². The lowest BCUT2D eigenvalue weighted by Gasteiger charge is -2.29. The Labute approximate surface area is 224 Å². The Morgan fingerprint density at radius 3 is 2.72 bits per heavy atom. The number of aryl methyl sites for hydroxylation is 1. The molecule has 9 nitrogen and oxygen atoms in total. The molecule has 0 bridgehead atoms. The minimum Gasteiger partial charge on any atom is -0.337 e. The van der Waals surface area contributed by atoms with Gasteiger partial charge in [0.05, 0.1) is 18.3 Å². The molecule has 39 heavy (non-hydrogen) atoms. The van der Waals surface area contributed by atoms with E-state index in [1.807, 2.05) is 41.5 Å². The third kappa shape index (κ3) is 5.18. The zero-order valence-electron chi connectivity index (χ0n) is 22.2. The fourth-order valence-electron chi connectivity index (χ4n) is 5.04. The molecular formula is C28H30F2N8O. The number of anilines is 2. The van der Waals surface area contributed by atoms with Crippen LogP contribution in [0.2, 0.25) is 0 Å². The summed E-state index contributed by atoms with van der Waals surface area (Å²) in [6, 6.07) is 6.73. The Morgan fingerprint density at radius 1 is 1.13 bits per heavy atom. The van der Waals surface area contributed by atoms with Crippen molar-refractivity contribution in [1.29, 1.82) is 0 Å². The number of nitrogens with one attached hydrogen (secondary N) is 1. The first-order valence-electron chi connectivity index (χ1n) is 13.1. The first-order chi connectivity index (χ1) is 18.7. The third-order valence-electron chi connectivity index (χ3n) is 7.25. The smallest absolute Gasteiger partial charge is 0.237 e. The van der Waals surface area contributed by atoms with Crippen molar-refractivity contribution in [3.05, 3.63) is 59.2 Å². The summed E-state index contributed by atoms with van der Waals surface area (Å²) in [6.07, 6.45) is 4.01. The predicted molar refractivity (Wildman–Crippen MR) is 143 cm³/mol. The van der Waals surface area contributed by atoms with Crippen LogP contribution in [0.4, 0.5) is 20.5 Å². The molecule has 0 saturated heterocycles. The second-order valence-electron chi connectivity index (χ2n) is 10.7. The molecule has 1 aliphatic heterocycles. The topological polar surface area (TPSA) is 92.1 Å². The SMILES string of the molecule is Cc1nc2c(F)cc(-c3nc(Nc4ccc5c(n4)CCN(C(=O)CN(C)C)C5)ncc3F)cc2n1CC1CC1. The standard InChI is InChI=1S/C28H30F2N8O/c1-16-32-27-20(29)10-19(11-23(27)38(16)13-17-4-5-17)26-21(30)12-31-28(35-26)34-24-7-6-18-14-37(9-8-22(18)33-24)25(39)15-36(2)3/h6-7,10-12,17H,4-5,8-9,13-15H2,1-3H3,(H,31,33,34,35). The van der Waals surface area contributed by atoms with Crippen LogP contribution in [0.3, 0.4) is 0 Å². The van der Waals surface area contributed by atoms with Gasteiger partial charge in [0, 0.05) is 37.3 Å². The maximum atomic E-state index is 15.1. The Balaban J connectivity index is 1.25. The zero-order valence-corrected chi connectivity index (χ0v) is 22.2. The molecule has 1 amide bonds. The number of aromatic nitrogens is 5. The van der Waals surface area contributed by atoms with Gasteiger partial charge in [-0.15, -0.1) is 0 Å². The third-order valence-corrected chi connectivity index (χ3v) is 7.25. The molecule has 4 aromatic rings. The van der Waals surface area contributed by atoms with Crippen LogP contribution in [-0.4, -0.2) is 67.4 Å². The first-order valence-corrected chi connectivity index (χ1v) is 13.1. The highest BCUT2D eigenvalue weighted by Gasteiger charge is 2.25. The lowest BCUT2D eigenvalue weighted by Crippen LogP contribution is -2.41. The molecule has 0 unspecified atom stereocenters. The number of carbonyl (C=O) groups excluding carboxylic acids is 1. The van der Waals surface area contributed by atoms with Crippen molar-refractivity contribution in [3.63, 3.8) is 0 Å². The number of hydrogen-bond donors (Lipinski definition) is 1. The summed E-state index contributed by atoms with van der Waals surface area (Å²) in [5, 5.41) is 3.05. The van der Waals surface area contributed by atoms with Gasteiger partial charge in [-0.3, -0.25) is 4.79 Å². The Kier molecular flexibility index (Phi) is 6.46. The number of nitrogens with zero attached hydrogens (tertiary/aromatic N) is 7. The van der Waals surface area contributed by atoms with E-state index in [4.69, 9.17) is 0 Å². The second-order valence-corrected chi connectivity index (χ2v) is 10.7. The van der Waals surface area contributed by atoms with Crippen molar-refractivity contribution in [2.45, 2.75) is 39.3 Å². The molecule has 11 heteroatoms. The highest BCUT2D eigenvalue weighted by atomic mass is 19.1. The van der Waals surface area contributed by atoms with E-state index in [-0.39, 0.29) is 23.1 Å². The van der Waals surface area contributed by atoms with Crippen molar-refractivity contribution in [2.75, 3.05) is 32.5 Å². The summed E-state index contributed by atoms with van der Waals surface area (Å²) >= 11 is 0. The number of halogens is 2. The van der Waals surface area contributed by atoms with Crippen molar-refractivity contribution in [3.8, 4) is 11.3 Å². The van der Waals surface area contributed by atoms with Crippen LogP contribution in [0.5, 0.6) is 0 Å². The molecule has 2 aliphatic rings. The van der Waals surface area contributed by atoms with E-state index in [2.05, 4.69) is 25.3 Å². The second kappa shape index (κ2) is 9.96. The largest absolute Gasteiger partial charge is 0.337 e. The number of pyridine rings is 1. The lowest BCUT2D eigenvalue weighted by atomic mass is 10.1. The van der Waals surface area contributed by atoms with E-state index < -0.39 is 11.6 Å². The average Bonchev–Trinajstić information content (AvgIpc) is 3.67. The van der Waals surface area contributed by atoms with Gasteiger partial charge in [-0.2, -0.15) is 0 Å². The number of fused-ring (bicyclic) bond motifs is 2. The number of hydrogen-bond acceptors (Lipinski definition) is 7. The van der Waals surface area contributed by atoms with Gasteiger partial charge in [-0.1, -0.05) is 6.07 Å². The molecule has 202 valence electrons. The minimum absolute atomic E-state index is 0.00173. The van der Waals surface area contributed by atoms with Crippen molar-refractivity contribution >= 4 is 28.7 Å². The van der Waals surface area contributed by atoms with Crippen LogP contribution in [0.25, 0.3) is 22.3 Å². The molecule has 0 spiro atoms. The lowest BCUT2D eigenvalue weighted by molar-refractivity contribution is -0.132. The van der Waals surface area contributed by atoms with Crippen LogP contribution in [-0.2, 0) is 24.3 Å². The maximum absolute atomic E-state index is 15.1. The zero-order chi connectivity index (χ0) is 27.3. The van der Waals surface area contributed by atoms with Gasteiger partial charge in [-0.25, -0.2) is 28.7 Å². The fraction of sp³-hybridized carbons (Fsp3) is 0.393. The summed E-state index contributed by atoms with van der Waals surface area (Å²) < 4.78 is 32.0. The molecule has 1 N–H and O–H groups in total. The van der Waals surface area contributed by atoms with E-state index >= 15 is 4.39 Å². The van der Waals surface area contributed by atoms with Gasteiger partial charge < -0.3 is 19.7 Å². The number of benzene rings is 1.